The van der Waals surface area contributed by atoms with E-state index < -0.39 is 0 Å². The molecule has 0 aliphatic heterocycles. The third-order valence-electron chi connectivity index (χ3n) is 4.28. The summed E-state index contributed by atoms with van der Waals surface area (Å²) >= 11 is 9.80. The van der Waals surface area contributed by atoms with E-state index in [-0.39, 0.29) is 0 Å². The number of hydrogen-bond donors (Lipinski definition) is 1. The Morgan fingerprint density at radius 3 is 2.86 bits per heavy atom. The summed E-state index contributed by atoms with van der Waals surface area (Å²) in [5.41, 5.74) is 4.16. The zero-order valence-electron chi connectivity index (χ0n) is 12.1. The van der Waals surface area contributed by atoms with E-state index in [2.05, 4.69) is 58.5 Å². The lowest BCUT2D eigenvalue weighted by Gasteiger charge is -2.23. The number of rotatable bonds is 4. The minimum atomic E-state index is 0.346. The third kappa shape index (κ3) is 3.18. The van der Waals surface area contributed by atoms with Crippen molar-refractivity contribution in [3.63, 3.8) is 0 Å². The van der Waals surface area contributed by atoms with Crippen molar-refractivity contribution in [1.29, 1.82) is 0 Å². The lowest BCUT2D eigenvalue weighted by atomic mass is 10.0. The van der Waals surface area contributed by atoms with Gasteiger partial charge in [-0.3, -0.25) is 0 Å². The molecular weight excluding hydrogens is 346 g/mol. The van der Waals surface area contributed by atoms with Gasteiger partial charge in [0.15, 0.2) is 0 Å². The van der Waals surface area contributed by atoms with Gasteiger partial charge in [-0.15, -0.1) is 0 Å². The topological polar surface area (TPSA) is 12.0 Å². The molecule has 0 heterocycles. The van der Waals surface area contributed by atoms with Crippen LogP contribution in [-0.4, -0.2) is 0 Å². The maximum atomic E-state index is 6.13. The molecule has 1 N–H and O–H groups in total. The van der Waals surface area contributed by atoms with Gasteiger partial charge < -0.3 is 5.32 Å². The molecule has 2 aromatic rings. The smallest absolute Gasteiger partial charge is 0.0409 e. The molecule has 0 aromatic heterocycles. The first-order valence-electron chi connectivity index (χ1n) is 7.48. The first-order chi connectivity index (χ1) is 10.2. The van der Waals surface area contributed by atoms with Crippen LogP contribution in [0.2, 0.25) is 5.02 Å². The van der Waals surface area contributed by atoms with Gasteiger partial charge in [-0.25, -0.2) is 0 Å². The molecule has 110 valence electrons. The second-order valence-corrected chi connectivity index (χ2v) is 6.87. The largest absolute Gasteiger partial charge is 0.303 e. The zero-order valence-corrected chi connectivity index (χ0v) is 14.4. The highest BCUT2D eigenvalue weighted by Crippen LogP contribution is 2.37. The van der Waals surface area contributed by atoms with Crippen molar-refractivity contribution >= 4 is 27.5 Å². The normalized spacial score (nSPS) is 18.5. The summed E-state index contributed by atoms with van der Waals surface area (Å²) in [6, 6.07) is 15.5. The summed E-state index contributed by atoms with van der Waals surface area (Å²) < 4.78 is 1.24. The van der Waals surface area contributed by atoms with Crippen LogP contribution in [0.15, 0.2) is 46.9 Å². The number of halogens is 2. The van der Waals surface area contributed by atoms with Gasteiger partial charge in [0.2, 0.25) is 0 Å². The summed E-state index contributed by atoms with van der Waals surface area (Å²) in [7, 11) is 0. The fourth-order valence-electron chi connectivity index (χ4n) is 3.20. The highest BCUT2D eigenvalue weighted by Gasteiger charge is 2.26. The van der Waals surface area contributed by atoms with E-state index in [1.807, 2.05) is 12.1 Å². The lowest BCUT2D eigenvalue weighted by Crippen LogP contribution is -2.24. The average molecular weight is 365 g/mol. The quantitative estimate of drug-likeness (QED) is 0.719. The Morgan fingerprint density at radius 2 is 2.10 bits per heavy atom. The summed E-state index contributed by atoms with van der Waals surface area (Å²) in [5.74, 6) is 0. The van der Waals surface area contributed by atoms with E-state index in [4.69, 9.17) is 11.6 Å². The fourth-order valence-corrected chi connectivity index (χ4v) is 3.98. The van der Waals surface area contributed by atoms with E-state index in [0.717, 1.165) is 24.3 Å². The van der Waals surface area contributed by atoms with E-state index in [1.54, 1.807) is 0 Å². The van der Waals surface area contributed by atoms with Crippen LogP contribution in [0.25, 0.3) is 0 Å². The van der Waals surface area contributed by atoms with Crippen LogP contribution in [0.5, 0.6) is 0 Å². The maximum Gasteiger partial charge on any atom is 0.0409 e. The molecule has 3 rings (SSSR count). The Labute approximate surface area is 139 Å². The molecule has 0 spiro atoms. The molecule has 0 bridgehead atoms. The van der Waals surface area contributed by atoms with Crippen molar-refractivity contribution in [2.75, 3.05) is 0 Å². The van der Waals surface area contributed by atoms with Crippen molar-refractivity contribution in [2.24, 2.45) is 0 Å². The van der Waals surface area contributed by atoms with Gasteiger partial charge in [-0.05, 0) is 54.2 Å². The van der Waals surface area contributed by atoms with Gasteiger partial charge in [-0.1, -0.05) is 58.7 Å². The van der Waals surface area contributed by atoms with Crippen molar-refractivity contribution in [2.45, 2.75) is 38.3 Å². The third-order valence-corrected chi connectivity index (χ3v) is 5.25. The monoisotopic (exact) mass is 363 g/mol. The second-order valence-electron chi connectivity index (χ2n) is 5.58. The summed E-state index contributed by atoms with van der Waals surface area (Å²) in [6.07, 6.45) is 3.36. The molecular formula is C18H19BrClN. The Balaban J connectivity index is 1.82. The molecule has 1 aliphatic carbocycles. The van der Waals surface area contributed by atoms with E-state index in [1.165, 1.54) is 21.2 Å². The molecule has 0 saturated carbocycles. The van der Waals surface area contributed by atoms with Crippen LogP contribution in [0.1, 0.15) is 48.5 Å². The van der Waals surface area contributed by atoms with Gasteiger partial charge in [0.05, 0.1) is 0 Å². The molecule has 0 fully saturated rings. The minimum absolute atomic E-state index is 0.346. The van der Waals surface area contributed by atoms with Crippen LogP contribution in [0, 0.1) is 0 Å². The molecule has 1 aliphatic rings. The first kappa shape index (κ1) is 15.1. The van der Waals surface area contributed by atoms with Crippen LogP contribution < -0.4 is 5.32 Å². The van der Waals surface area contributed by atoms with Crippen molar-refractivity contribution in [3.05, 3.63) is 68.7 Å². The molecule has 2 aromatic carbocycles. The number of benzene rings is 2. The Kier molecular flexibility index (Phi) is 4.68. The van der Waals surface area contributed by atoms with Crippen LogP contribution in [0.3, 0.4) is 0 Å². The zero-order chi connectivity index (χ0) is 14.8. The van der Waals surface area contributed by atoms with Crippen molar-refractivity contribution in [3.8, 4) is 0 Å². The Morgan fingerprint density at radius 1 is 1.29 bits per heavy atom. The lowest BCUT2D eigenvalue weighted by molar-refractivity contribution is 0.433. The van der Waals surface area contributed by atoms with Crippen LogP contribution in [-0.2, 0) is 6.42 Å². The minimum Gasteiger partial charge on any atom is -0.303 e. The van der Waals surface area contributed by atoms with Gasteiger partial charge in [-0.2, -0.15) is 0 Å². The van der Waals surface area contributed by atoms with E-state index in [9.17, 15) is 0 Å². The molecule has 0 saturated heterocycles. The highest BCUT2D eigenvalue weighted by molar-refractivity contribution is 9.10. The van der Waals surface area contributed by atoms with Crippen LogP contribution >= 0.6 is 27.5 Å². The fraction of sp³-hybridized carbons (Fsp3) is 0.333. The Bertz CT molecular complexity index is 641. The van der Waals surface area contributed by atoms with Gasteiger partial charge in [0, 0.05) is 21.6 Å². The molecule has 1 nitrogen and oxygen atoms in total. The maximum absolute atomic E-state index is 6.13. The van der Waals surface area contributed by atoms with Crippen molar-refractivity contribution in [1.82, 2.24) is 5.32 Å². The average Bonchev–Trinajstić information content (AvgIpc) is 2.89. The standard InChI is InChI=1S/C18H19BrClN/c1-2-17(12-5-3-6-13(20)11-12)21-18-10-9-14-15(18)7-4-8-16(14)19/h3-8,11,17-18,21H,2,9-10H2,1H3. The predicted octanol–water partition coefficient (Wildman–Crippen LogP) is 5.83. The molecule has 0 radical (unpaired) electrons. The van der Waals surface area contributed by atoms with Gasteiger partial charge in [0.25, 0.3) is 0 Å². The summed E-state index contributed by atoms with van der Waals surface area (Å²) in [4.78, 5) is 0. The number of fused-ring (bicyclic) bond motifs is 1. The number of nitrogens with one attached hydrogen (secondary N) is 1. The molecule has 21 heavy (non-hydrogen) atoms. The van der Waals surface area contributed by atoms with E-state index >= 15 is 0 Å². The second kappa shape index (κ2) is 6.51. The molecule has 2 atom stereocenters. The predicted molar refractivity (Wildman–Crippen MR) is 92.8 cm³/mol. The number of hydrogen-bond acceptors (Lipinski definition) is 1. The SMILES string of the molecule is CCC(NC1CCc2c(Br)cccc21)c1cccc(Cl)c1. The van der Waals surface area contributed by atoms with Gasteiger partial charge >= 0.3 is 0 Å². The first-order valence-corrected chi connectivity index (χ1v) is 8.65. The summed E-state index contributed by atoms with van der Waals surface area (Å²) in [6.45, 7) is 2.22. The summed E-state index contributed by atoms with van der Waals surface area (Å²) in [5, 5.41) is 4.62. The Hall–Kier alpha value is -0.830. The molecule has 2 unspecified atom stereocenters. The van der Waals surface area contributed by atoms with Crippen LogP contribution in [0.4, 0.5) is 0 Å². The van der Waals surface area contributed by atoms with E-state index in [0.29, 0.717) is 12.1 Å². The van der Waals surface area contributed by atoms with Gasteiger partial charge in [0.1, 0.15) is 0 Å². The molecule has 0 amide bonds. The highest BCUT2D eigenvalue weighted by atomic mass is 79.9. The molecule has 3 heteroatoms. The van der Waals surface area contributed by atoms with Crippen molar-refractivity contribution < 1.29 is 0 Å².